The van der Waals surface area contributed by atoms with Crippen molar-refractivity contribution >= 4 is 24.0 Å². The third-order valence-electron chi connectivity index (χ3n) is 5.85. The Hall–Kier alpha value is -3.88. The first-order chi connectivity index (χ1) is 18.0. The molecule has 0 fully saturated rings. The van der Waals surface area contributed by atoms with Crippen LogP contribution in [0.2, 0.25) is 0 Å². The summed E-state index contributed by atoms with van der Waals surface area (Å²) in [5, 5.41) is 27.3. The summed E-state index contributed by atoms with van der Waals surface area (Å²) in [5.41, 5.74) is 1.49. The van der Waals surface area contributed by atoms with E-state index in [0.717, 1.165) is 11.1 Å². The molecular formula is C29H39N3O6. The van der Waals surface area contributed by atoms with Gasteiger partial charge in [0.15, 0.2) is 0 Å². The number of carbonyl (C=O) groups excluding carboxylic acids is 4. The summed E-state index contributed by atoms with van der Waals surface area (Å²) >= 11 is 0. The Bertz CT molecular complexity index is 1070. The van der Waals surface area contributed by atoms with E-state index >= 15 is 0 Å². The van der Waals surface area contributed by atoms with Gasteiger partial charge in [-0.05, 0) is 60.1 Å². The van der Waals surface area contributed by atoms with Crippen molar-refractivity contribution in [2.24, 2.45) is 11.8 Å². The van der Waals surface area contributed by atoms with Crippen LogP contribution in [0.15, 0.2) is 48.5 Å². The summed E-state index contributed by atoms with van der Waals surface area (Å²) in [5.74, 6) is -0.952. The zero-order valence-electron chi connectivity index (χ0n) is 22.4. The topological polar surface area (TPSA) is 145 Å². The maximum Gasteiger partial charge on any atom is 0.243 e. The zero-order chi connectivity index (χ0) is 28.2. The quantitative estimate of drug-likeness (QED) is 0.240. The molecule has 3 amide bonds. The van der Waals surface area contributed by atoms with Gasteiger partial charge in [0, 0.05) is 12.8 Å². The fraction of sp³-hybridized carbons (Fsp3) is 0.448. The summed E-state index contributed by atoms with van der Waals surface area (Å²) in [4.78, 5) is 50.8. The molecule has 38 heavy (non-hydrogen) atoms. The fourth-order valence-corrected chi connectivity index (χ4v) is 3.98. The lowest BCUT2D eigenvalue weighted by Gasteiger charge is -2.25. The number of amides is 3. The lowest BCUT2D eigenvalue weighted by molar-refractivity contribution is -0.133. The minimum Gasteiger partial charge on any atom is -0.508 e. The van der Waals surface area contributed by atoms with E-state index in [2.05, 4.69) is 16.0 Å². The van der Waals surface area contributed by atoms with E-state index in [1.165, 1.54) is 24.3 Å². The van der Waals surface area contributed by atoms with E-state index in [0.29, 0.717) is 12.7 Å². The minimum absolute atomic E-state index is 0.0592. The minimum atomic E-state index is -0.938. The van der Waals surface area contributed by atoms with Crippen molar-refractivity contribution in [3.63, 3.8) is 0 Å². The second-order valence-electron chi connectivity index (χ2n) is 10.4. The lowest BCUT2D eigenvalue weighted by atomic mass is 10.00. The normalized spacial score (nSPS) is 13.4. The molecule has 0 saturated heterocycles. The van der Waals surface area contributed by atoms with E-state index in [-0.39, 0.29) is 48.5 Å². The van der Waals surface area contributed by atoms with Crippen LogP contribution in [-0.4, -0.2) is 52.3 Å². The molecule has 0 aliphatic heterocycles. The summed E-state index contributed by atoms with van der Waals surface area (Å²) < 4.78 is 0. The number of nitrogens with one attached hydrogen (secondary N) is 3. The molecule has 3 atom stereocenters. The number of hydrogen-bond donors (Lipinski definition) is 5. The number of benzene rings is 2. The van der Waals surface area contributed by atoms with Crippen molar-refractivity contribution in [1.29, 1.82) is 0 Å². The molecule has 0 spiro atoms. The molecule has 9 nitrogen and oxygen atoms in total. The zero-order valence-corrected chi connectivity index (χ0v) is 22.4. The van der Waals surface area contributed by atoms with Gasteiger partial charge in [-0.2, -0.15) is 0 Å². The van der Waals surface area contributed by atoms with Crippen LogP contribution < -0.4 is 16.0 Å². The van der Waals surface area contributed by atoms with Gasteiger partial charge < -0.3 is 31.0 Å². The Kier molecular flexibility index (Phi) is 11.8. The molecule has 0 aliphatic rings. The van der Waals surface area contributed by atoms with Crippen LogP contribution in [0.25, 0.3) is 0 Å². The monoisotopic (exact) mass is 525 g/mol. The molecule has 206 valence electrons. The van der Waals surface area contributed by atoms with E-state index in [9.17, 15) is 29.4 Å². The Morgan fingerprint density at radius 2 is 1.21 bits per heavy atom. The first kappa shape index (κ1) is 30.3. The van der Waals surface area contributed by atoms with Crippen LogP contribution in [-0.2, 0) is 32.0 Å². The Morgan fingerprint density at radius 1 is 0.711 bits per heavy atom. The van der Waals surface area contributed by atoms with Crippen LogP contribution in [0.5, 0.6) is 11.5 Å². The van der Waals surface area contributed by atoms with E-state index in [4.69, 9.17) is 0 Å². The molecule has 0 radical (unpaired) electrons. The second kappa shape index (κ2) is 14.8. The van der Waals surface area contributed by atoms with Crippen molar-refractivity contribution in [3.05, 3.63) is 59.7 Å². The number of aromatic hydroxyl groups is 2. The molecule has 2 rings (SSSR count). The third-order valence-corrected chi connectivity index (χ3v) is 5.85. The van der Waals surface area contributed by atoms with Crippen LogP contribution in [0.1, 0.15) is 51.7 Å². The molecule has 2 aromatic carbocycles. The molecule has 0 aromatic heterocycles. The van der Waals surface area contributed by atoms with Crippen molar-refractivity contribution in [2.45, 2.75) is 71.5 Å². The smallest absolute Gasteiger partial charge is 0.243 e. The lowest BCUT2D eigenvalue weighted by Crippen LogP contribution is -2.56. The van der Waals surface area contributed by atoms with E-state index in [1.54, 1.807) is 24.3 Å². The maximum atomic E-state index is 13.4. The van der Waals surface area contributed by atoms with Gasteiger partial charge in [-0.1, -0.05) is 52.0 Å². The van der Waals surface area contributed by atoms with Crippen molar-refractivity contribution in [2.75, 3.05) is 0 Å². The highest BCUT2D eigenvalue weighted by Gasteiger charge is 2.29. The van der Waals surface area contributed by atoms with Crippen molar-refractivity contribution < 1.29 is 29.4 Å². The Labute approximate surface area is 224 Å². The van der Waals surface area contributed by atoms with Gasteiger partial charge in [-0.15, -0.1) is 0 Å². The fourth-order valence-electron chi connectivity index (χ4n) is 3.98. The molecule has 5 N–H and O–H groups in total. The largest absolute Gasteiger partial charge is 0.508 e. The molecule has 0 unspecified atom stereocenters. The summed E-state index contributed by atoms with van der Waals surface area (Å²) in [6.45, 7) is 7.63. The predicted octanol–water partition coefficient (Wildman–Crippen LogP) is 2.63. The van der Waals surface area contributed by atoms with Crippen LogP contribution in [0, 0.1) is 11.8 Å². The molecule has 0 saturated carbocycles. The second-order valence-corrected chi connectivity index (χ2v) is 10.4. The maximum absolute atomic E-state index is 13.4. The first-order valence-corrected chi connectivity index (χ1v) is 12.9. The molecule has 9 heteroatoms. The van der Waals surface area contributed by atoms with Crippen molar-refractivity contribution in [1.82, 2.24) is 16.0 Å². The highest BCUT2D eigenvalue weighted by atomic mass is 16.3. The van der Waals surface area contributed by atoms with Crippen LogP contribution in [0.4, 0.5) is 0 Å². The highest BCUT2D eigenvalue weighted by molar-refractivity contribution is 5.93. The standard InChI is InChI=1S/C29H39N3O6/c1-18(2)13-25(28(37)30-22(17-33)15-20-5-9-23(34)10-6-20)32-29(38)26(31-27(36)14-19(3)4)16-21-7-11-24(35)12-8-21/h5-12,17-19,22,25-26,34-35H,13-16H2,1-4H3,(H,30,37)(H,31,36)(H,32,38)/t22-,25+,26-/m0/s1. The SMILES string of the molecule is CC(C)CC(=O)N[C@@H](Cc1ccc(O)cc1)C(=O)N[C@H](CC(C)C)C(=O)N[C@H](C=O)Cc1ccc(O)cc1. The van der Waals surface area contributed by atoms with Gasteiger partial charge in [0.25, 0.3) is 0 Å². The third kappa shape index (κ3) is 10.6. The summed E-state index contributed by atoms with van der Waals surface area (Å²) in [6, 6.07) is 9.99. The summed E-state index contributed by atoms with van der Waals surface area (Å²) in [7, 11) is 0. The number of phenolic OH excluding ortho intramolecular Hbond substituents is 2. The molecular weight excluding hydrogens is 486 g/mol. The molecule has 0 aliphatic carbocycles. The Morgan fingerprint density at radius 3 is 1.68 bits per heavy atom. The molecule has 0 bridgehead atoms. The number of hydrogen-bond acceptors (Lipinski definition) is 6. The van der Waals surface area contributed by atoms with Gasteiger partial charge in [-0.25, -0.2) is 0 Å². The summed E-state index contributed by atoms with van der Waals surface area (Å²) in [6.07, 6.45) is 1.61. The van der Waals surface area contributed by atoms with Gasteiger partial charge in [0.05, 0.1) is 6.04 Å². The Balaban J connectivity index is 2.17. The van der Waals surface area contributed by atoms with Gasteiger partial charge in [0.2, 0.25) is 17.7 Å². The van der Waals surface area contributed by atoms with Gasteiger partial charge in [0.1, 0.15) is 29.9 Å². The highest BCUT2D eigenvalue weighted by Crippen LogP contribution is 2.14. The van der Waals surface area contributed by atoms with E-state index < -0.39 is 29.9 Å². The van der Waals surface area contributed by atoms with E-state index in [1.807, 2.05) is 27.7 Å². The van der Waals surface area contributed by atoms with Crippen molar-refractivity contribution in [3.8, 4) is 11.5 Å². The predicted molar refractivity (Wildman–Crippen MR) is 144 cm³/mol. The van der Waals surface area contributed by atoms with Gasteiger partial charge >= 0.3 is 0 Å². The van der Waals surface area contributed by atoms with Crippen LogP contribution in [0.3, 0.4) is 0 Å². The van der Waals surface area contributed by atoms with Gasteiger partial charge in [-0.3, -0.25) is 14.4 Å². The van der Waals surface area contributed by atoms with Crippen LogP contribution >= 0.6 is 0 Å². The molecule has 2 aromatic rings. The number of rotatable bonds is 14. The number of aldehydes is 1. The first-order valence-electron chi connectivity index (χ1n) is 12.9. The number of phenols is 2. The number of carbonyl (C=O) groups is 4. The average Bonchev–Trinajstić information content (AvgIpc) is 2.84. The molecule has 0 heterocycles. The average molecular weight is 526 g/mol.